The summed E-state index contributed by atoms with van der Waals surface area (Å²) in [5, 5.41) is 0. The molecule has 0 saturated heterocycles. The van der Waals surface area contributed by atoms with Crippen LogP contribution in [0.25, 0.3) is 0 Å². The van der Waals surface area contributed by atoms with Gasteiger partial charge in [-0.3, -0.25) is 0 Å². The molecule has 9 heavy (non-hydrogen) atoms. The molecule has 0 heterocycles. The molecule has 0 fully saturated rings. The minimum Gasteiger partial charge on any atom is -0.207 e. The molecule has 1 aromatic rings. The maximum absolute atomic E-state index is 12.8. The molecule has 1 aromatic carbocycles. The smallest absolute Gasteiger partial charge is 0.127 e. The molecule has 0 spiro atoms. The van der Waals surface area contributed by atoms with E-state index in [0.717, 1.165) is 0 Å². The monoisotopic (exact) mass is 146 g/mol. The fraction of sp³-hybridized carbons (Fsp3) is 0.143. The van der Waals surface area contributed by atoms with Gasteiger partial charge in [0.2, 0.25) is 0 Å². The Morgan fingerprint density at radius 1 is 1.56 bits per heavy atom. The van der Waals surface area contributed by atoms with Crippen molar-refractivity contribution < 1.29 is 7.13 Å². The lowest BCUT2D eigenvalue weighted by Gasteiger charge is -1.93. The van der Waals surface area contributed by atoms with Gasteiger partial charge in [0.15, 0.2) is 0 Å². The minimum atomic E-state index is -2.12. The van der Waals surface area contributed by atoms with Gasteiger partial charge in [0.25, 0.3) is 0 Å². The first-order valence-electron chi connectivity index (χ1n) is 3.46. The van der Waals surface area contributed by atoms with Gasteiger partial charge in [0.05, 0.1) is 5.83 Å². The summed E-state index contributed by atoms with van der Waals surface area (Å²) < 4.78 is 26.8. The van der Waals surface area contributed by atoms with Crippen molar-refractivity contribution in [3.8, 4) is 0 Å². The molecule has 0 N–H and O–H groups in total. The summed E-state index contributed by atoms with van der Waals surface area (Å²) in [6.07, 6.45) is 0. The maximum atomic E-state index is 12.8. The van der Waals surface area contributed by atoms with Crippen LogP contribution in [0.3, 0.4) is 0 Å². The zero-order valence-electron chi connectivity index (χ0n) is 6.57. The van der Waals surface area contributed by atoms with E-state index in [4.69, 9.17) is 14.3 Å². The number of benzene rings is 1. The minimum absolute atomic E-state index is 0.123. The summed E-state index contributed by atoms with van der Waals surface area (Å²) in [5.41, 5.74) is -0.123. The Morgan fingerprint density at radius 3 is 2.67 bits per heavy atom. The van der Waals surface area contributed by atoms with Crippen molar-refractivity contribution in [2.45, 2.75) is 5.83 Å². The lowest BCUT2D eigenvalue weighted by Crippen LogP contribution is -1.82. The van der Waals surface area contributed by atoms with Crippen LogP contribution in [0.1, 0.15) is 8.30 Å². The van der Waals surface area contributed by atoms with E-state index in [1.165, 1.54) is 18.2 Å². The molecule has 2 heteroatoms. The molecule has 0 bridgehead atoms. The molecule has 0 aliphatic heterocycles. The number of hydrogen-bond donors (Lipinski definition) is 0. The van der Waals surface area contributed by atoms with Crippen molar-refractivity contribution in [3.63, 3.8) is 0 Å². The molecule has 1 rings (SSSR count). The number of hydrogen-bond acceptors (Lipinski definition) is 0. The standard InChI is InChI=1S/C7H6ClF/c8-5-6-3-1-2-4-7(6)9/h1-4H,5H2/i5D2. The van der Waals surface area contributed by atoms with Gasteiger partial charge < -0.3 is 0 Å². The summed E-state index contributed by atoms with van der Waals surface area (Å²) in [5.74, 6) is -2.74. The van der Waals surface area contributed by atoms with E-state index in [1.807, 2.05) is 0 Å². The Bertz CT molecular complexity index is 257. The first kappa shape index (κ1) is 4.29. The van der Waals surface area contributed by atoms with Crippen molar-refractivity contribution >= 4 is 11.6 Å². The van der Waals surface area contributed by atoms with Crippen molar-refractivity contribution in [1.82, 2.24) is 0 Å². The van der Waals surface area contributed by atoms with E-state index in [9.17, 15) is 4.39 Å². The average molecular weight is 147 g/mol. The van der Waals surface area contributed by atoms with E-state index < -0.39 is 11.6 Å². The maximum Gasteiger partial charge on any atom is 0.127 e. The molecule has 0 saturated carbocycles. The second-order valence-electron chi connectivity index (χ2n) is 1.57. The Hall–Kier alpha value is -0.560. The Labute approximate surface area is 61.1 Å². The Balaban J connectivity index is 3.14. The fourth-order valence-electron chi connectivity index (χ4n) is 0.538. The molecule has 0 amide bonds. The average Bonchev–Trinajstić information content (AvgIpc) is 1.86. The summed E-state index contributed by atoms with van der Waals surface area (Å²) >= 11 is 5.26. The zero-order valence-corrected chi connectivity index (χ0v) is 5.32. The first-order chi connectivity index (χ1) is 5.02. The second-order valence-corrected chi connectivity index (χ2v) is 1.76. The number of alkyl halides is 1. The molecular weight excluding hydrogens is 139 g/mol. The van der Waals surface area contributed by atoms with Crippen LogP contribution in [0.2, 0.25) is 0 Å². The first-order valence-corrected chi connectivity index (χ1v) is 2.83. The second kappa shape index (κ2) is 2.83. The predicted molar refractivity (Wildman–Crippen MR) is 36.0 cm³/mol. The van der Waals surface area contributed by atoms with E-state index >= 15 is 0 Å². The third-order valence-electron chi connectivity index (χ3n) is 0.976. The summed E-state index contributed by atoms with van der Waals surface area (Å²) in [6.45, 7) is 0. The largest absolute Gasteiger partial charge is 0.207 e. The van der Waals surface area contributed by atoms with Gasteiger partial charge in [-0.2, -0.15) is 0 Å². The lowest BCUT2D eigenvalue weighted by molar-refractivity contribution is 0.617. The molecule has 0 aromatic heterocycles. The highest BCUT2D eigenvalue weighted by Crippen LogP contribution is 2.07. The normalized spacial score (nSPS) is 14.4. The molecule has 48 valence electrons. The molecule has 0 nitrogen and oxygen atoms in total. The molecule has 0 aliphatic carbocycles. The molecule has 0 unspecified atom stereocenters. The van der Waals surface area contributed by atoms with Crippen molar-refractivity contribution in [3.05, 3.63) is 35.6 Å². The van der Waals surface area contributed by atoms with Gasteiger partial charge in [0, 0.05) is 8.30 Å². The van der Waals surface area contributed by atoms with E-state index in [-0.39, 0.29) is 5.56 Å². The van der Waals surface area contributed by atoms with E-state index in [1.54, 1.807) is 6.07 Å². The molecular formula is C7H6ClF. The molecule has 0 aliphatic rings. The van der Waals surface area contributed by atoms with Crippen LogP contribution in [0, 0.1) is 5.82 Å². The SMILES string of the molecule is [2H]C([2H])(Cl)c1ccccc1F. The summed E-state index contributed by atoms with van der Waals surface area (Å²) in [6, 6.07) is 5.53. The van der Waals surface area contributed by atoms with Crippen LogP contribution in [-0.2, 0) is 5.83 Å². The zero-order chi connectivity index (χ0) is 8.48. The third-order valence-corrected chi connectivity index (χ3v) is 1.18. The van der Waals surface area contributed by atoms with Gasteiger partial charge in [0.1, 0.15) is 5.82 Å². The van der Waals surface area contributed by atoms with Crippen LogP contribution >= 0.6 is 11.6 Å². The highest BCUT2D eigenvalue weighted by Gasteiger charge is 1.95. The Kier molecular flexibility index (Phi) is 1.35. The van der Waals surface area contributed by atoms with Gasteiger partial charge in [-0.15, -0.1) is 11.6 Å². The van der Waals surface area contributed by atoms with Crippen LogP contribution in [-0.4, -0.2) is 0 Å². The summed E-state index contributed by atoms with van der Waals surface area (Å²) in [4.78, 5) is 0. The van der Waals surface area contributed by atoms with Crippen molar-refractivity contribution in [1.29, 1.82) is 0 Å². The highest BCUT2D eigenvalue weighted by molar-refractivity contribution is 6.17. The highest BCUT2D eigenvalue weighted by atomic mass is 35.5. The lowest BCUT2D eigenvalue weighted by atomic mass is 10.2. The quantitative estimate of drug-likeness (QED) is 0.535. The third kappa shape index (κ3) is 1.42. The van der Waals surface area contributed by atoms with Crippen LogP contribution in [0.4, 0.5) is 4.39 Å². The van der Waals surface area contributed by atoms with Gasteiger partial charge in [-0.1, -0.05) is 18.2 Å². The topological polar surface area (TPSA) is 0 Å². The van der Waals surface area contributed by atoms with Crippen LogP contribution in [0.15, 0.2) is 24.3 Å². The molecule has 0 atom stereocenters. The van der Waals surface area contributed by atoms with Gasteiger partial charge in [-0.05, 0) is 6.07 Å². The van der Waals surface area contributed by atoms with E-state index in [0.29, 0.717) is 0 Å². The van der Waals surface area contributed by atoms with E-state index in [2.05, 4.69) is 0 Å². The number of halogens is 2. The van der Waals surface area contributed by atoms with Crippen LogP contribution in [0.5, 0.6) is 0 Å². The summed E-state index contributed by atoms with van der Waals surface area (Å²) in [7, 11) is 0. The van der Waals surface area contributed by atoms with Gasteiger partial charge >= 0.3 is 0 Å². The van der Waals surface area contributed by atoms with Crippen molar-refractivity contribution in [2.75, 3.05) is 0 Å². The predicted octanol–water partition coefficient (Wildman–Crippen LogP) is 2.56. The fourth-order valence-corrected chi connectivity index (χ4v) is 0.691. The molecule has 0 radical (unpaired) electrons. The number of rotatable bonds is 1. The van der Waals surface area contributed by atoms with Crippen molar-refractivity contribution in [2.24, 2.45) is 0 Å². The van der Waals surface area contributed by atoms with Crippen LogP contribution < -0.4 is 0 Å². The Morgan fingerprint density at radius 2 is 2.22 bits per heavy atom. The van der Waals surface area contributed by atoms with Gasteiger partial charge in [-0.25, -0.2) is 4.39 Å².